The predicted octanol–water partition coefficient (Wildman–Crippen LogP) is 1.87. The fourth-order valence-corrected chi connectivity index (χ4v) is 0.619. The van der Waals surface area contributed by atoms with Crippen molar-refractivity contribution in [2.24, 2.45) is 0 Å². The summed E-state index contributed by atoms with van der Waals surface area (Å²) in [7, 11) is 0. The summed E-state index contributed by atoms with van der Waals surface area (Å²) in [5.41, 5.74) is 0. The zero-order valence-corrected chi connectivity index (χ0v) is 7.52. The number of alkyl halides is 1. The minimum Gasteiger partial charge on any atom is -0.314 e. The number of nitrogens with zero attached hydrogens (tertiary/aromatic N) is 1. The van der Waals surface area contributed by atoms with E-state index in [1.807, 2.05) is 13.8 Å². The standard InChI is InChI=1S/C4H8FN.C2H3N.C2H6/c5-4-1-2-6-3-4;1-2-3;1-2/h4,6H,1-3H2;1H3;1-2H3. The Morgan fingerprint density at radius 3 is 2.09 bits per heavy atom. The summed E-state index contributed by atoms with van der Waals surface area (Å²) in [6.45, 7) is 6.86. The van der Waals surface area contributed by atoms with Crippen molar-refractivity contribution in [2.75, 3.05) is 13.1 Å². The number of hydrogen-bond donors (Lipinski definition) is 1. The molecule has 1 unspecified atom stereocenters. The van der Waals surface area contributed by atoms with Crippen molar-refractivity contribution in [2.45, 2.75) is 33.4 Å². The van der Waals surface area contributed by atoms with E-state index in [1.165, 1.54) is 6.92 Å². The van der Waals surface area contributed by atoms with Gasteiger partial charge in [-0.2, -0.15) is 5.26 Å². The fourth-order valence-electron chi connectivity index (χ4n) is 0.619. The van der Waals surface area contributed by atoms with Crippen LogP contribution in [0.5, 0.6) is 0 Å². The molecule has 1 atom stereocenters. The third kappa shape index (κ3) is 12.6. The lowest BCUT2D eigenvalue weighted by Crippen LogP contribution is -2.08. The molecule has 1 heterocycles. The van der Waals surface area contributed by atoms with Crippen LogP contribution in [0.25, 0.3) is 0 Å². The van der Waals surface area contributed by atoms with Gasteiger partial charge in [0, 0.05) is 13.5 Å². The minimum absolute atomic E-state index is 0.565. The highest BCUT2D eigenvalue weighted by molar-refractivity contribution is 4.68. The molecule has 1 fully saturated rings. The van der Waals surface area contributed by atoms with E-state index < -0.39 is 6.17 Å². The van der Waals surface area contributed by atoms with E-state index in [1.54, 1.807) is 6.07 Å². The van der Waals surface area contributed by atoms with E-state index >= 15 is 0 Å². The molecule has 0 spiro atoms. The maximum absolute atomic E-state index is 11.9. The summed E-state index contributed by atoms with van der Waals surface area (Å²) in [6, 6.07) is 1.75. The van der Waals surface area contributed by atoms with Gasteiger partial charge in [-0.15, -0.1) is 0 Å². The van der Waals surface area contributed by atoms with Crippen LogP contribution in [-0.4, -0.2) is 19.3 Å². The first-order chi connectivity index (χ1) is 5.31. The first kappa shape index (κ1) is 13.0. The van der Waals surface area contributed by atoms with E-state index in [2.05, 4.69) is 5.32 Å². The van der Waals surface area contributed by atoms with Crippen LogP contribution in [0.4, 0.5) is 4.39 Å². The Hall–Kier alpha value is -0.620. The first-order valence-corrected chi connectivity index (χ1v) is 3.97. The molecule has 1 rings (SSSR count). The van der Waals surface area contributed by atoms with Gasteiger partial charge in [0.25, 0.3) is 0 Å². The second kappa shape index (κ2) is 12.1. The molecule has 1 N–H and O–H groups in total. The Morgan fingerprint density at radius 1 is 1.55 bits per heavy atom. The molecule has 0 aromatic rings. The summed E-state index contributed by atoms with van der Waals surface area (Å²) >= 11 is 0. The topological polar surface area (TPSA) is 35.8 Å². The van der Waals surface area contributed by atoms with Gasteiger partial charge in [-0.3, -0.25) is 0 Å². The predicted molar refractivity (Wildman–Crippen MR) is 45.0 cm³/mol. The number of nitriles is 1. The van der Waals surface area contributed by atoms with Gasteiger partial charge < -0.3 is 5.32 Å². The third-order valence-electron chi connectivity index (χ3n) is 1.00. The number of hydrogen-bond acceptors (Lipinski definition) is 2. The van der Waals surface area contributed by atoms with Crippen molar-refractivity contribution < 1.29 is 4.39 Å². The first-order valence-electron chi connectivity index (χ1n) is 3.97. The Labute approximate surface area is 68.4 Å². The molecule has 0 aromatic heterocycles. The van der Waals surface area contributed by atoms with Gasteiger partial charge in [-0.1, -0.05) is 13.8 Å². The van der Waals surface area contributed by atoms with Gasteiger partial charge in [0.05, 0.1) is 6.07 Å². The van der Waals surface area contributed by atoms with Gasteiger partial charge in [-0.25, -0.2) is 4.39 Å². The van der Waals surface area contributed by atoms with Crippen LogP contribution in [0.3, 0.4) is 0 Å². The zero-order valence-electron chi connectivity index (χ0n) is 7.52. The summed E-state index contributed by atoms with van der Waals surface area (Å²) in [5.74, 6) is 0. The molecular formula is C8H17FN2. The molecule has 11 heavy (non-hydrogen) atoms. The van der Waals surface area contributed by atoms with E-state index in [0.717, 1.165) is 6.54 Å². The molecule has 1 aliphatic heterocycles. The van der Waals surface area contributed by atoms with Crippen molar-refractivity contribution in [3.05, 3.63) is 0 Å². The summed E-state index contributed by atoms with van der Waals surface area (Å²) < 4.78 is 11.9. The van der Waals surface area contributed by atoms with Crippen LogP contribution < -0.4 is 5.32 Å². The lowest BCUT2D eigenvalue weighted by atomic mass is 10.4. The lowest BCUT2D eigenvalue weighted by molar-refractivity contribution is 0.361. The van der Waals surface area contributed by atoms with Crippen LogP contribution in [0, 0.1) is 11.3 Å². The molecule has 66 valence electrons. The van der Waals surface area contributed by atoms with E-state index in [9.17, 15) is 4.39 Å². The second-order valence-electron chi connectivity index (χ2n) is 1.81. The molecule has 0 saturated carbocycles. The van der Waals surface area contributed by atoms with Gasteiger partial charge in [0.15, 0.2) is 0 Å². The normalized spacial score (nSPS) is 20.1. The molecule has 0 aromatic carbocycles. The maximum Gasteiger partial charge on any atom is 0.114 e. The average molecular weight is 160 g/mol. The number of nitrogens with one attached hydrogen (secondary N) is 1. The molecule has 1 saturated heterocycles. The summed E-state index contributed by atoms with van der Waals surface area (Å²) in [6.07, 6.45) is 0.144. The molecule has 1 aliphatic rings. The molecule has 0 aliphatic carbocycles. The molecule has 0 bridgehead atoms. The van der Waals surface area contributed by atoms with Crippen molar-refractivity contribution in [3.8, 4) is 6.07 Å². The Bertz CT molecular complexity index is 92.8. The second-order valence-corrected chi connectivity index (χ2v) is 1.81. The maximum atomic E-state index is 11.9. The zero-order chi connectivity index (χ0) is 9.11. The van der Waals surface area contributed by atoms with Crippen molar-refractivity contribution in [3.63, 3.8) is 0 Å². The average Bonchev–Trinajstić information content (AvgIpc) is 2.46. The quantitative estimate of drug-likeness (QED) is 0.587. The van der Waals surface area contributed by atoms with E-state index in [0.29, 0.717) is 13.0 Å². The highest BCUT2D eigenvalue weighted by Gasteiger charge is 2.10. The highest BCUT2D eigenvalue weighted by Crippen LogP contribution is 1.99. The Kier molecular flexibility index (Phi) is 14.3. The van der Waals surface area contributed by atoms with Gasteiger partial charge in [0.2, 0.25) is 0 Å². The van der Waals surface area contributed by atoms with Crippen LogP contribution >= 0.6 is 0 Å². The van der Waals surface area contributed by atoms with E-state index in [4.69, 9.17) is 5.26 Å². The largest absolute Gasteiger partial charge is 0.314 e. The molecule has 2 nitrogen and oxygen atoms in total. The highest BCUT2D eigenvalue weighted by atomic mass is 19.1. The Balaban J connectivity index is 0. The van der Waals surface area contributed by atoms with Crippen LogP contribution in [-0.2, 0) is 0 Å². The number of rotatable bonds is 0. The third-order valence-corrected chi connectivity index (χ3v) is 1.00. The van der Waals surface area contributed by atoms with Gasteiger partial charge in [0.1, 0.15) is 6.17 Å². The van der Waals surface area contributed by atoms with Crippen LogP contribution in [0.2, 0.25) is 0 Å². The van der Waals surface area contributed by atoms with Gasteiger partial charge >= 0.3 is 0 Å². The Morgan fingerprint density at radius 2 is 2.00 bits per heavy atom. The monoisotopic (exact) mass is 160 g/mol. The summed E-state index contributed by atoms with van der Waals surface area (Å²) in [5, 5.41) is 10.2. The summed E-state index contributed by atoms with van der Waals surface area (Å²) in [4.78, 5) is 0. The van der Waals surface area contributed by atoms with Gasteiger partial charge in [-0.05, 0) is 13.0 Å². The smallest absolute Gasteiger partial charge is 0.114 e. The molecule has 0 amide bonds. The van der Waals surface area contributed by atoms with Crippen molar-refractivity contribution >= 4 is 0 Å². The van der Waals surface area contributed by atoms with Crippen molar-refractivity contribution in [1.29, 1.82) is 5.26 Å². The number of halogens is 1. The fraction of sp³-hybridized carbons (Fsp3) is 0.875. The molecule has 3 heteroatoms. The van der Waals surface area contributed by atoms with Crippen LogP contribution in [0.15, 0.2) is 0 Å². The molecule has 0 radical (unpaired) electrons. The molecular weight excluding hydrogens is 143 g/mol. The SMILES string of the molecule is CC.CC#N.FC1CCNC1. The lowest BCUT2D eigenvalue weighted by Gasteiger charge is -1.86. The van der Waals surface area contributed by atoms with Crippen molar-refractivity contribution in [1.82, 2.24) is 5.32 Å². The minimum atomic E-state index is -0.565. The van der Waals surface area contributed by atoms with Crippen LogP contribution in [0.1, 0.15) is 27.2 Å². The van der Waals surface area contributed by atoms with E-state index in [-0.39, 0.29) is 0 Å².